The van der Waals surface area contributed by atoms with Crippen molar-refractivity contribution in [3.05, 3.63) is 69.7 Å². The lowest BCUT2D eigenvalue weighted by Gasteiger charge is -2.10. The van der Waals surface area contributed by atoms with Crippen LogP contribution in [0.25, 0.3) is 11.0 Å². The van der Waals surface area contributed by atoms with Gasteiger partial charge in [0.25, 0.3) is 0 Å². The van der Waals surface area contributed by atoms with Gasteiger partial charge in [-0.3, -0.25) is 0 Å². The molecule has 102 valence electrons. The summed E-state index contributed by atoms with van der Waals surface area (Å²) in [7, 11) is 0. The first-order valence-corrected chi connectivity index (χ1v) is 6.62. The van der Waals surface area contributed by atoms with E-state index in [9.17, 15) is 9.50 Å². The van der Waals surface area contributed by atoms with E-state index >= 15 is 0 Å². The molecule has 2 aromatic carbocycles. The third-order valence-electron chi connectivity index (χ3n) is 3.02. The van der Waals surface area contributed by atoms with Gasteiger partial charge in [0.2, 0.25) is 0 Å². The fraction of sp³-hybridized carbons (Fsp3) is 0.0667. The van der Waals surface area contributed by atoms with E-state index in [1.807, 2.05) is 0 Å². The van der Waals surface area contributed by atoms with E-state index in [0.29, 0.717) is 32.3 Å². The Morgan fingerprint density at radius 1 is 1.05 bits per heavy atom. The molecule has 5 heteroatoms. The van der Waals surface area contributed by atoms with Crippen molar-refractivity contribution in [2.24, 2.45) is 0 Å². The summed E-state index contributed by atoms with van der Waals surface area (Å²) in [6.45, 7) is 0. The number of aliphatic hydroxyl groups excluding tert-OH is 1. The average molecular weight is 311 g/mol. The van der Waals surface area contributed by atoms with E-state index < -0.39 is 6.10 Å². The van der Waals surface area contributed by atoms with Crippen molar-refractivity contribution in [1.82, 2.24) is 0 Å². The van der Waals surface area contributed by atoms with Crippen molar-refractivity contribution in [2.45, 2.75) is 6.10 Å². The van der Waals surface area contributed by atoms with Crippen molar-refractivity contribution in [3.63, 3.8) is 0 Å². The molecular weight excluding hydrogens is 302 g/mol. The zero-order valence-electron chi connectivity index (χ0n) is 10.1. The van der Waals surface area contributed by atoms with Crippen LogP contribution in [0.2, 0.25) is 10.0 Å². The molecule has 0 radical (unpaired) electrons. The lowest BCUT2D eigenvalue weighted by Crippen LogP contribution is -1.98. The van der Waals surface area contributed by atoms with Crippen molar-refractivity contribution in [1.29, 1.82) is 0 Å². The number of benzene rings is 2. The van der Waals surface area contributed by atoms with Crippen LogP contribution >= 0.6 is 23.2 Å². The highest BCUT2D eigenvalue weighted by Gasteiger charge is 2.18. The van der Waals surface area contributed by atoms with Crippen LogP contribution in [0.3, 0.4) is 0 Å². The molecule has 3 rings (SSSR count). The van der Waals surface area contributed by atoms with E-state index in [1.54, 1.807) is 24.3 Å². The van der Waals surface area contributed by atoms with Crippen molar-refractivity contribution in [3.8, 4) is 0 Å². The predicted molar refractivity (Wildman–Crippen MR) is 76.7 cm³/mol. The Labute approximate surface area is 124 Å². The van der Waals surface area contributed by atoms with Crippen LogP contribution in [-0.2, 0) is 0 Å². The first kappa shape index (κ1) is 13.4. The maximum Gasteiger partial charge on any atom is 0.138 e. The van der Waals surface area contributed by atoms with Crippen molar-refractivity contribution in [2.75, 3.05) is 0 Å². The Hall–Kier alpha value is -1.55. The van der Waals surface area contributed by atoms with Gasteiger partial charge in [0.15, 0.2) is 0 Å². The Balaban J connectivity index is 2.05. The first-order valence-electron chi connectivity index (χ1n) is 5.86. The highest BCUT2D eigenvalue weighted by molar-refractivity contribution is 6.35. The average Bonchev–Trinajstić information content (AvgIpc) is 2.81. The van der Waals surface area contributed by atoms with Crippen LogP contribution in [0.15, 0.2) is 46.9 Å². The molecular formula is C15H9Cl2FO2. The Morgan fingerprint density at radius 3 is 2.60 bits per heavy atom. The van der Waals surface area contributed by atoms with Crippen LogP contribution in [0.5, 0.6) is 0 Å². The van der Waals surface area contributed by atoms with E-state index in [0.717, 1.165) is 0 Å². The zero-order chi connectivity index (χ0) is 14.3. The lowest BCUT2D eigenvalue weighted by molar-refractivity contribution is 0.192. The fourth-order valence-corrected chi connectivity index (χ4v) is 2.56. The number of fused-ring (bicyclic) bond motifs is 1. The molecule has 3 aromatic rings. The largest absolute Gasteiger partial charge is 0.458 e. The molecule has 0 fully saturated rings. The second-order valence-corrected chi connectivity index (χ2v) is 5.24. The van der Waals surface area contributed by atoms with Gasteiger partial charge >= 0.3 is 0 Å². The zero-order valence-corrected chi connectivity index (χ0v) is 11.6. The molecule has 0 aliphatic rings. The van der Waals surface area contributed by atoms with Gasteiger partial charge in [0, 0.05) is 21.0 Å². The molecule has 0 bridgehead atoms. The molecule has 0 aliphatic carbocycles. The third-order valence-corrected chi connectivity index (χ3v) is 3.59. The summed E-state index contributed by atoms with van der Waals surface area (Å²) in [5, 5.41) is 11.7. The van der Waals surface area contributed by atoms with E-state index in [-0.39, 0.29) is 5.82 Å². The maximum absolute atomic E-state index is 13.1. The molecule has 1 aromatic heterocycles. The molecule has 1 unspecified atom stereocenters. The Morgan fingerprint density at radius 2 is 1.85 bits per heavy atom. The SMILES string of the molecule is OC(c1cc2cc(F)ccc2o1)c1ccc(Cl)cc1Cl. The van der Waals surface area contributed by atoms with Crippen LogP contribution in [0.4, 0.5) is 4.39 Å². The second kappa shape index (κ2) is 5.09. The Kier molecular flexibility index (Phi) is 3.42. The molecule has 20 heavy (non-hydrogen) atoms. The maximum atomic E-state index is 13.1. The molecule has 0 aliphatic heterocycles. The summed E-state index contributed by atoms with van der Waals surface area (Å²) in [4.78, 5) is 0. The normalized spacial score (nSPS) is 12.8. The summed E-state index contributed by atoms with van der Waals surface area (Å²) < 4.78 is 18.7. The Bertz CT molecular complexity index is 783. The predicted octanol–water partition coefficient (Wildman–Crippen LogP) is 4.96. The number of rotatable bonds is 2. The summed E-state index contributed by atoms with van der Waals surface area (Å²) in [6, 6.07) is 10.6. The standard InChI is InChI=1S/C15H9Cl2FO2/c16-9-1-3-11(12(17)7-9)15(19)14-6-8-5-10(18)2-4-13(8)20-14/h1-7,15,19H. The summed E-state index contributed by atoms with van der Waals surface area (Å²) in [5.74, 6) is -0.0568. The van der Waals surface area contributed by atoms with Gasteiger partial charge in [-0.05, 0) is 36.4 Å². The fourth-order valence-electron chi connectivity index (χ4n) is 2.05. The molecule has 2 nitrogen and oxygen atoms in total. The molecule has 0 saturated carbocycles. The van der Waals surface area contributed by atoms with Gasteiger partial charge in [-0.2, -0.15) is 0 Å². The van der Waals surface area contributed by atoms with Gasteiger partial charge in [-0.1, -0.05) is 29.3 Å². The number of furan rings is 1. The first-order chi connectivity index (χ1) is 9.54. The van der Waals surface area contributed by atoms with Gasteiger partial charge in [0.1, 0.15) is 23.3 Å². The molecule has 0 saturated heterocycles. The summed E-state index contributed by atoms with van der Waals surface area (Å²) in [5.41, 5.74) is 0.987. The number of hydrogen-bond donors (Lipinski definition) is 1. The highest BCUT2D eigenvalue weighted by atomic mass is 35.5. The van der Waals surface area contributed by atoms with Gasteiger partial charge < -0.3 is 9.52 Å². The van der Waals surface area contributed by atoms with Crippen molar-refractivity contribution >= 4 is 34.2 Å². The summed E-state index contributed by atoms with van der Waals surface area (Å²) in [6.07, 6.45) is -1.03. The quantitative estimate of drug-likeness (QED) is 0.725. The number of aliphatic hydroxyl groups is 1. The molecule has 0 amide bonds. The minimum Gasteiger partial charge on any atom is -0.458 e. The molecule has 0 spiro atoms. The van der Waals surface area contributed by atoms with E-state index in [2.05, 4.69) is 0 Å². The van der Waals surface area contributed by atoms with Gasteiger partial charge in [-0.25, -0.2) is 4.39 Å². The van der Waals surface area contributed by atoms with Crippen LogP contribution in [0, 0.1) is 5.82 Å². The van der Waals surface area contributed by atoms with Crippen molar-refractivity contribution < 1.29 is 13.9 Å². The summed E-state index contributed by atoms with van der Waals surface area (Å²) >= 11 is 11.9. The minimum absolute atomic E-state index is 0.301. The van der Waals surface area contributed by atoms with Gasteiger partial charge in [0.05, 0.1) is 0 Å². The van der Waals surface area contributed by atoms with E-state index in [4.69, 9.17) is 27.6 Å². The monoisotopic (exact) mass is 310 g/mol. The second-order valence-electron chi connectivity index (χ2n) is 4.40. The smallest absolute Gasteiger partial charge is 0.138 e. The van der Waals surface area contributed by atoms with Gasteiger partial charge in [-0.15, -0.1) is 0 Å². The third kappa shape index (κ3) is 2.40. The molecule has 1 heterocycles. The highest BCUT2D eigenvalue weighted by Crippen LogP contribution is 2.33. The molecule has 1 N–H and O–H groups in total. The van der Waals surface area contributed by atoms with Crippen LogP contribution in [0.1, 0.15) is 17.4 Å². The number of hydrogen-bond acceptors (Lipinski definition) is 2. The number of halogens is 3. The van der Waals surface area contributed by atoms with E-state index in [1.165, 1.54) is 18.2 Å². The lowest BCUT2D eigenvalue weighted by atomic mass is 10.1. The minimum atomic E-state index is -1.03. The van der Waals surface area contributed by atoms with Crippen LogP contribution in [-0.4, -0.2) is 5.11 Å². The van der Waals surface area contributed by atoms with Crippen LogP contribution < -0.4 is 0 Å². The molecule has 1 atom stereocenters. The topological polar surface area (TPSA) is 33.4 Å².